The summed E-state index contributed by atoms with van der Waals surface area (Å²) in [6.45, 7) is 6.57. The number of halogens is 1. The van der Waals surface area contributed by atoms with Crippen LogP contribution in [0.4, 0.5) is 0 Å². The molecule has 1 atom stereocenters. The molecule has 0 aromatic heterocycles. The number of hydrogen-bond donors (Lipinski definition) is 1. The Morgan fingerprint density at radius 1 is 1.11 bits per heavy atom. The van der Waals surface area contributed by atoms with Gasteiger partial charge in [-0.1, -0.05) is 53.5 Å². The number of nitrogens with zero attached hydrogens (tertiary/aromatic N) is 2. The van der Waals surface area contributed by atoms with Crippen LogP contribution < -0.4 is 4.74 Å². The summed E-state index contributed by atoms with van der Waals surface area (Å²) in [7, 11) is 0. The van der Waals surface area contributed by atoms with Gasteiger partial charge in [0.15, 0.2) is 0 Å². The maximum absolute atomic E-state index is 13.2. The highest BCUT2D eigenvalue weighted by Crippen LogP contribution is 2.40. The molecule has 4 rings (SSSR count). The molecule has 0 spiro atoms. The molecule has 1 amide bonds. The van der Waals surface area contributed by atoms with Gasteiger partial charge in [-0.05, 0) is 36.2 Å². The zero-order valence-corrected chi connectivity index (χ0v) is 21.5. The van der Waals surface area contributed by atoms with Crippen molar-refractivity contribution in [2.45, 2.75) is 25.8 Å². The highest BCUT2D eigenvalue weighted by molar-refractivity contribution is 9.10. The van der Waals surface area contributed by atoms with E-state index in [9.17, 15) is 14.7 Å². The van der Waals surface area contributed by atoms with Gasteiger partial charge in [-0.25, -0.2) is 0 Å². The Morgan fingerprint density at radius 3 is 2.57 bits per heavy atom. The highest BCUT2D eigenvalue weighted by Gasteiger charge is 2.46. The Kier molecular flexibility index (Phi) is 8.59. The number of ether oxygens (including phenoxy) is 2. The lowest BCUT2D eigenvalue weighted by Crippen LogP contribution is -2.42. The zero-order valence-electron chi connectivity index (χ0n) is 19.9. The molecule has 1 unspecified atom stereocenters. The summed E-state index contributed by atoms with van der Waals surface area (Å²) in [6, 6.07) is 13.9. The van der Waals surface area contributed by atoms with Gasteiger partial charge >= 0.3 is 0 Å². The van der Waals surface area contributed by atoms with Crippen LogP contribution in [-0.2, 0) is 14.3 Å². The van der Waals surface area contributed by atoms with Crippen molar-refractivity contribution in [1.82, 2.24) is 9.80 Å². The number of carbonyl (C=O) groups is 2. The van der Waals surface area contributed by atoms with E-state index in [4.69, 9.17) is 9.47 Å². The maximum Gasteiger partial charge on any atom is 0.295 e. The first-order valence-electron chi connectivity index (χ1n) is 12.1. The van der Waals surface area contributed by atoms with E-state index in [1.807, 2.05) is 30.3 Å². The third kappa shape index (κ3) is 5.94. The number of aliphatic hydroxyl groups excluding tert-OH is 1. The Hall–Kier alpha value is -2.68. The molecule has 0 radical (unpaired) electrons. The Morgan fingerprint density at radius 2 is 1.86 bits per heavy atom. The molecule has 2 aromatic carbocycles. The lowest BCUT2D eigenvalue weighted by Gasteiger charge is -2.31. The molecule has 0 aliphatic carbocycles. The molecule has 0 saturated carbocycles. The quantitative estimate of drug-likeness (QED) is 0.219. The number of unbranched alkanes of at least 4 members (excludes halogenated alkanes) is 1. The lowest BCUT2D eigenvalue weighted by atomic mass is 9.95. The Bertz CT molecular complexity index is 1080. The van der Waals surface area contributed by atoms with Crippen molar-refractivity contribution < 1.29 is 24.2 Å². The van der Waals surface area contributed by atoms with Crippen LogP contribution >= 0.6 is 15.9 Å². The summed E-state index contributed by atoms with van der Waals surface area (Å²) in [4.78, 5) is 30.2. The van der Waals surface area contributed by atoms with E-state index in [-0.39, 0.29) is 11.3 Å². The molecule has 8 heteroatoms. The molecule has 2 aliphatic heterocycles. The molecule has 2 aromatic rings. The Labute approximate surface area is 214 Å². The van der Waals surface area contributed by atoms with Gasteiger partial charge in [0, 0.05) is 36.2 Å². The fraction of sp³-hybridized carbons (Fsp3) is 0.407. The predicted molar refractivity (Wildman–Crippen MR) is 137 cm³/mol. The molecule has 2 aliphatic rings. The van der Waals surface area contributed by atoms with E-state index in [0.29, 0.717) is 44.2 Å². The van der Waals surface area contributed by atoms with E-state index in [1.54, 1.807) is 23.1 Å². The van der Waals surface area contributed by atoms with Crippen molar-refractivity contribution in [3.05, 3.63) is 69.7 Å². The highest BCUT2D eigenvalue weighted by atomic mass is 79.9. The van der Waals surface area contributed by atoms with Gasteiger partial charge in [0.1, 0.15) is 11.5 Å². The minimum atomic E-state index is -0.672. The average molecular weight is 543 g/mol. The molecule has 2 fully saturated rings. The fourth-order valence-corrected chi connectivity index (χ4v) is 4.66. The summed E-state index contributed by atoms with van der Waals surface area (Å²) in [5.74, 6) is -0.840. The van der Waals surface area contributed by atoms with E-state index >= 15 is 0 Å². The van der Waals surface area contributed by atoms with Gasteiger partial charge in [0.2, 0.25) is 0 Å². The largest absolute Gasteiger partial charge is 0.507 e. The first-order chi connectivity index (χ1) is 17.0. The topological polar surface area (TPSA) is 79.3 Å². The number of aliphatic hydroxyl groups is 1. The predicted octanol–water partition coefficient (Wildman–Crippen LogP) is 4.38. The first-order valence-corrected chi connectivity index (χ1v) is 12.9. The van der Waals surface area contributed by atoms with Crippen LogP contribution in [0.3, 0.4) is 0 Å². The van der Waals surface area contributed by atoms with Gasteiger partial charge in [-0.3, -0.25) is 14.5 Å². The van der Waals surface area contributed by atoms with Gasteiger partial charge in [0.25, 0.3) is 11.7 Å². The summed E-state index contributed by atoms with van der Waals surface area (Å²) < 4.78 is 12.1. The number of ketones is 1. The normalized spacial score (nSPS) is 20.4. The van der Waals surface area contributed by atoms with Crippen LogP contribution in [0.2, 0.25) is 0 Å². The van der Waals surface area contributed by atoms with Crippen molar-refractivity contribution in [1.29, 1.82) is 0 Å². The van der Waals surface area contributed by atoms with E-state index in [2.05, 4.69) is 27.8 Å². The third-order valence-corrected chi connectivity index (χ3v) is 6.89. The van der Waals surface area contributed by atoms with Crippen molar-refractivity contribution in [3.63, 3.8) is 0 Å². The average Bonchev–Trinajstić information content (AvgIpc) is 3.13. The van der Waals surface area contributed by atoms with Crippen LogP contribution in [0, 0.1) is 0 Å². The standard InChI is InChI=1S/C27H31BrN2O5/c1-2-3-15-35-22-6-4-5-20(18-22)25(31)23-24(19-7-9-21(28)10-8-19)30(27(33)26(23)32)12-11-29-13-16-34-17-14-29/h4-10,18,24,31H,2-3,11-17H2,1H3. The molecule has 1 N–H and O–H groups in total. The minimum Gasteiger partial charge on any atom is -0.507 e. The smallest absolute Gasteiger partial charge is 0.295 e. The molecule has 186 valence electrons. The van der Waals surface area contributed by atoms with Gasteiger partial charge in [0.05, 0.1) is 31.4 Å². The minimum absolute atomic E-state index is 0.102. The van der Waals surface area contributed by atoms with Gasteiger partial charge < -0.3 is 19.5 Å². The monoisotopic (exact) mass is 542 g/mol. The van der Waals surface area contributed by atoms with Crippen LogP contribution in [0.15, 0.2) is 58.6 Å². The molecule has 7 nitrogen and oxygen atoms in total. The Balaban J connectivity index is 1.68. The summed E-state index contributed by atoms with van der Waals surface area (Å²) in [5.41, 5.74) is 1.32. The van der Waals surface area contributed by atoms with Gasteiger partial charge in [-0.15, -0.1) is 0 Å². The number of amides is 1. The number of Topliss-reactive ketones (excluding diaryl/α,β-unsaturated/α-hetero) is 1. The second-order valence-corrected chi connectivity index (χ2v) is 9.64. The molecule has 35 heavy (non-hydrogen) atoms. The van der Waals surface area contributed by atoms with Crippen molar-refractivity contribution >= 4 is 33.4 Å². The summed E-state index contributed by atoms with van der Waals surface area (Å²) >= 11 is 3.45. The van der Waals surface area contributed by atoms with Crippen LogP contribution in [0.25, 0.3) is 5.76 Å². The SMILES string of the molecule is CCCCOc1cccc(C(O)=C2C(=O)C(=O)N(CCN3CCOCC3)C2c2ccc(Br)cc2)c1. The van der Waals surface area contributed by atoms with Crippen LogP contribution in [-0.4, -0.2) is 72.6 Å². The van der Waals surface area contributed by atoms with Crippen molar-refractivity contribution in [2.24, 2.45) is 0 Å². The van der Waals surface area contributed by atoms with E-state index in [1.165, 1.54) is 0 Å². The number of likely N-dealkylation sites (tertiary alicyclic amines) is 1. The number of hydrogen-bond acceptors (Lipinski definition) is 6. The summed E-state index contributed by atoms with van der Waals surface area (Å²) in [6.07, 6.45) is 1.94. The summed E-state index contributed by atoms with van der Waals surface area (Å²) in [5, 5.41) is 11.3. The first kappa shape index (κ1) is 25.4. The number of morpholine rings is 1. The fourth-order valence-electron chi connectivity index (χ4n) is 4.40. The number of carbonyl (C=O) groups excluding carboxylic acids is 2. The van der Waals surface area contributed by atoms with Crippen LogP contribution in [0.5, 0.6) is 5.75 Å². The van der Waals surface area contributed by atoms with E-state index in [0.717, 1.165) is 36.0 Å². The molecule has 2 saturated heterocycles. The molecular formula is C27H31BrN2O5. The van der Waals surface area contributed by atoms with Crippen LogP contribution in [0.1, 0.15) is 36.9 Å². The maximum atomic E-state index is 13.2. The lowest BCUT2D eigenvalue weighted by molar-refractivity contribution is -0.140. The second kappa shape index (κ2) is 11.8. The van der Waals surface area contributed by atoms with E-state index < -0.39 is 17.7 Å². The third-order valence-electron chi connectivity index (χ3n) is 6.36. The number of benzene rings is 2. The molecule has 2 heterocycles. The molecule has 0 bridgehead atoms. The van der Waals surface area contributed by atoms with Crippen molar-refractivity contribution in [3.8, 4) is 5.75 Å². The van der Waals surface area contributed by atoms with Gasteiger partial charge in [-0.2, -0.15) is 0 Å². The second-order valence-electron chi connectivity index (χ2n) is 8.73. The zero-order chi connectivity index (χ0) is 24.8. The number of rotatable bonds is 9. The molecular weight excluding hydrogens is 512 g/mol. The van der Waals surface area contributed by atoms with Crippen molar-refractivity contribution in [2.75, 3.05) is 46.0 Å².